The van der Waals surface area contributed by atoms with Gasteiger partial charge in [-0.05, 0) is 43.9 Å². The molecule has 1 saturated carbocycles. The van der Waals surface area contributed by atoms with Crippen molar-refractivity contribution in [3.05, 3.63) is 0 Å². The molecule has 0 heterocycles. The van der Waals surface area contributed by atoms with Crippen molar-refractivity contribution in [2.75, 3.05) is 26.3 Å². The molecule has 0 spiro atoms. The van der Waals surface area contributed by atoms with Gasteiger partial charge in [0.25, 0.3) is 0 Å². The van der Waals surface area contributed by atoms with Crippen LogP contribution in [-0.4, -0.2) is 37.2 Å². The van der Waals surface area contributed by atoms with Gasteiger partial charge in [-0.3, -0.25) is 0 Å². The molecule has 1 aliphatic rings. The highest BCUT2D eigenvalue weighted by molar-refractivity contribution is 4.84. The monoisotopic (exact) mass is 255 g/mol. The first-order valence-corrected chi connectivity index (χ1v) is 7.91. The maximum Gasteiger partial charge on any atom is 0.0478 e. The van der Waals surface area contributed by atoms with Crippen molar-refractivity contribution in [3.8, 4) is 0 Å². The van der Waals surface area contributed by atoms with Gasteiger partial charge in [-0.25, -0.2) is 0 Å². The predicted octanol–water partition coefficient (Wildman–Crippen LogP) is 3.95. The lowest BCUT2D eigenvalue weighted by Crippen LogP contribution is -2.31. The molecule has 0 bridgehead atoms. The zero-order valence-corrected chi connectivity index (χ0v) is 13.0. The van der Waals surface area contributed by atoms with Crippen LogP contribution in [0.2, 0.25) is 0 Å². The van der Waals surface area contributed by atoms with Crippen molar-refractivity contribution < 1.29 is 4.74 Å². The Balaban J connectivity index is 1.95. The van der Waals surface area contributed by atoms with Crippen LogP contribution < -0.4 is 0 Å². The molecular formula is C16H33NO. The topological polar surface area (TPSA) is 12.5 Å². The molecule has 2 heteroatoms. The van der Waals surface area contributed by atoms with E-state index >= 15 is 0 Å². The normalized spacial score (nSPS) is 16.2. The highest BCUT2D eigenvalue weighted by Crippen LogP contribution is 2.27. The van der Waals surface area contributed by atoms with Crippen LogP contribution in [-0.2, 0) is 4.74 Å². The van der Waals surface area contributed by atoms with Gasteiger partial charge in [0.1, 0.15) is 0 Å². The molecule has 0 aromatic carbocycles. The van der Waals surface area contributed by atoms with E-state index in [0.29, 0.717) is 0 Å². The molecule has 0 unspecified atom stereocenters. The third-order valence-corrected chi connectivity index (χ3v) is 3.47. The lowest BCUT2D eigenvalue weighted by molar-refractivity contribution is 0.112. The summed E-state index contributed by atoms with van der Waals surface area (Å²) in [6.07, 6.45) is 6.55. The molecule has 0 amide bonds. The van der Waals surface area contributed by atoms with Crippen molar-refractivity contribution in [3.63, 3.8) is 0 Å². The average Bonchev–Trinajstić information content (AvgIpc) is 3.09. The van der Waals surface area contributed by atoms with Gasteiger partial charge in [-0.2, -0.15) is 0 Å². The van der Waals surface area contributed by atoms with Crippen LogP contribution in [0.15, 0.2) is 0 Å². The maximum absolute atomic E-state index is 5.71. The van der Waals surface area contributed by atoms with E-state index in [1.54, 1.807) is 0 Å². The fourth-order valence-corrected chi connectivity index (χ4v) is 2.40. The van der Waals surface area contributed by atoms with Crippen LogP contribution in [0, 0.1) is 11.8 Å². The van der Waals surface area contributed by atoms with Crippen LogP contribution in [0.4, 0.5) is 0 Å². The minimum absolute atomic E-state index is 0.789. The van der Waals surface area contributed by atoms with Crippen molar-refractivity contribution in [2.24, 2.45) is 11.8 Å². The SMILES string of the molecule is CC(C)CCCOCCCN(CC(C)C)C1CC1. The van der Waals surface area contributed by atoms with Crippen LogP contribution in [0.3, 0.4) is 0 Å². The third-order valence-electron chi connectivity index (χ3n) is 3.47. The molecule has 1 rings (SSSR count). The van der Waals surface area contributed by atoms with Crippen molar-refractivity contribution in [2.45, 2.75) is 65.8 Å². The Morgan fingerprint density at radius 3 is 2.22 bits per heavy atom. The van der Waals surface area contributed by atoms with Crippen molar-refractivity contribution in [1.29, 1.82) is 0 Å². The highest BCUT2D eigenvalue weighted by atomic mass is 16.5. The number of hydrogen-bond donors (Lipinski definition) is 0. The molecule has 0 aliphatic heterocycles. The molecule has 1 aliphatic carbocycles. The summed E-state index contributed by atoms with van der Waals surface area (Å²) >= 11 is 0. The fourth-order valence-electron chi connectivity index (χ4n) is 2.40. The van der Waals surface area contributed by atoms with Gasteiger partial charge >= 0.3 is 0 Å². The molecule has 0 aromatic rings. The second-order valence-corrected chi connectivity index (χ2v) is 6.62. The molecular weight excluding hydrogens is 222 g/mol. The zero-order chi connectivity index (χ0) is 13.4. The summed E-state index contributed by atoms with van der Waals surface area (Å²) in [7, 11) is 0. The maximum atomic E-state index is 5.71. The highest BCUT2D eigenvalue weighted by Gasteiger charge is 2.28. The number of rotatable bonds is 11. The van der Waals surface area contributed by atoms with E-state index in [1.807, 2.05) is 0 Å². The smallest absolute Gasteiger partial charge is 0.0478 e. The summed E-state index contributed by atoms with van der Waals surface area (Å²) in [5, 5.41) is 0. The standard InChI is InChI=1S/C16H33NO/c1-14(2)7-5-11-18-12-6-10-17(13-15(3)4)16-8-9-16/h14-16H,5-13H2,1-4H3. The number of ether oxygens (including phenoxy) is 1. The van der Waals surface area contributed by atoms with Crippen molar-refractivity contribution >= 4 is 0 Å². The summed E-state index contributed by atoms with van der Waals surface area (Å²) in [6.45, 7) is 13.6. The van der Waals surface area contributed by atoms with Gasteiger partial charge in [0.05, 0.1) is 0 Å². The van der Waals surface area contributed by atoms with Gasteiger partial charge in [0.2, 0.25) is 0 Å². The van der Waals surface area contributed by atoms with Gasteiger partial charge in [-0.15, -0.1) is 0 Å². The van der Waals surface area contributed by atoms with E-state index < -0.39 is 0 Å². The second-order valence-electron chi connectivity index (χ2n) is 6.62. The van der Waals surface area contributed by atoms with Gasteiger partial charge in [-0.1, -0.05) is 27.7 Å². The zero-order valence-electron chi connectivity index (χ0n) is 13.0. The summed E-state index contributed by atoms with van der Waals surface area (Å²) < 4.78 is 5.71. The van der Waals surface area contributed by atoms with Crippen LogP contribution >= 0.6 is 0 Å². The Kier molecular flexibility index (Phi) is 7.92. The number of nitrogens with zero attached hydrogens (tertiary/aromatic N) is 1. The van der Waals surface area contributed by atoms with E-state index in [2.05, 4.69) is 32.6 Å². The molecule has 0 atom stereocenters. The summed E-state index contributed by atoms with van der Waals surface area (Å²) in [5.41, 5.74) is 0. The quantitative estimate of drug-likeness (QED) is 0.518. The Bertz CT molecular complexity index is 199. The van der Waals surface area contributed by atoms with E-state index in [1.165, 1.54) is 45.2 Å². The summed E-state index contributed by atoms with van der Waals surface area (Å²) in [6, 6.07) is 0.897. The number of hydrogen-bond acceptors (Lipinski definition) is 2. The lowest BCUT2D eigenvalue weighted by atomic mass is 10.1. The van der Waals surface area contributed by atoms with Crippen LogP contribution in [0.25, 0.3) is 0 Å². The molecule has 0 radical (unpaired) electrons. The van der Waals surface area contributed by atoms with Gasteiger partial charge < -0.3 is 9.64 Å². The molecule has 18 heavy (non-hydrogen) atoms. The van der Waals surface area contributed by atoms with Crippen LogP contribution in [0.1, 0.15) is 59.8 Å². The largest absolute Gasteiger partial charge is 0.381 e. The molecule has 2 nitrogen and oxygen atoms in total. The molecule has 0 N–H and O–H groups in total. The van der Waals surface area contributed by atoms with E-state index in [-0.39, 0.29) is 0 Å². The van der Waals surface area contributed by atoms with Gasteiger partial charge in [0.15, 0.2) is 0 Å². The minimum atomic E-state index is 0.789. The van der Waals surface area contributed by atoms with Gasteiger partial charge in [0, 0.05) is 32.3 Å². The minimum Gasteiger partial charge on any atom is -0.381 e. The molecule has 0 aromatic heterocycles. The summed E-state index contributed by atoms with van der Waals surface area (Å²) in [4.78, 5) is 2.67. The second kappa shape index (κ2) is 8.92. The van der Waals surface area contributed by atoms with Crippen LogP contribution in [0.5, 0.6) is 0 Å². The lowest BCUT2D eigenvalue weighted by Gasteiger charge is -2.23. The Morgan fingerprint density at radius 1 is 1.00 bits per heavy atom. The van der Waals surface area contributed by atoms with E-state index in [0.717, 1.165) is 31.1 Å². The molecule has 1 fully saturated rings. The summed E-state index contributed by atoms with van der Waals surface area (Å²) in [5.74, 6) is 1.60. The predicted molar refractivity (Wildman–Crippen MR) is 78.9 cm³/mol. The third kappa shape index (κ3) is 8.10. The first kappa shape index (κ1) is 16.0. The Labute approximate surface area is 114 Å². The Morgan fingerprint density at radius 2 is 1.67 bits per heavy atom. The molecule has 0 saturated heterocycles. The fraction of sp³-hybridized carbons (Fsp3) is 1.00. The average molecular weight is 255 g/mol. The van der Waals surface area contributed by atoms with E-state index in [4.69, 9.17) is 4.74 Å². The van der Waals surface area contributed by atoms with Crippen molar-refractivity contribution in [1.82, 2.24) is 4.90 Å². The molecule has 108 valence electrons. The van der Waals surface area contributed by atoms with E-state index in [9.17, 15) is 0 Å². The first-order chi connectivity index (χ1) is 8.59. The first-order valence-electron chi connectivity index (χ1n) is 7.91. The Hall–Kier alpha value is -0.0800.